The van der Waals surface area contributed by atoms with Crippen molar-refractivity contribution in [3.8, 4) is 23.0 Å². The summed E-state index contributed by atoms with van der Waals surface area (Å²) in [6.07, 6.45) is -0.786. The highest BCUT2D eigenvalue weighted by Crippen LogP contribution is 2.36. The topological polar surface area (TPSA) is 54.0 Å². The van der Waals surface area contributed by atoms with Gasteiger partial charge in [-0.25, -0.2) is 4.79 Å². The van der Waals surface area contributed by atoms with Crippen molar-refractivity contribution in [2.24, 2.45) is 0 Å². The van der Waals surface area contributed by atoms with Crippen LogP contribution in [0.5, 0.6) is 23.0 Å². The third-order valence-corrected chi connectivity index (χ3v) is 4.38. The maximum Gasteiger partial charge on any atom is 0.519 e. The van der Waals surface area contributed by atoms with Crippen LogP contribution in [0.15, 0.2) is 36.4 Å². The van der Waals surface area contributed by atoms with Gasteiger partial charge in [0, 0.05) is 11.1 Å². The Hall–Kier alpha value is -2.69. The summed E-state index contributed by atoms with van der Waals surface area (Å²) >= 11 is 0. The summed E-state index contributed by atoms with van der Waals surface area (Å²) in [4.78, 5) is 12.5. The first-order valence-electron chi connectivity index (χ1n) is 9.22. The zero-order chi connectivity index (χ0) is 21.1. The average Bonchev–Trinajstić information content (AvgIpc) is 2.60. The number of rotatable bonds is 4. The van der Waals surface area contributed by atoms with Crippen LogP contribution in [0.1, 0.15) is 52.7 Å². The number of benzene rings is 2. The highest BCUT2D eigenvalue weighted by Gasteiger charge is 2.25. The summed E-state index contributed by atoms with van der Waals surface area (Å²) in [6.45, 7) is 12.3. The first-order valence-corrected chi connectivity index (χ1v) is 9.22. The van der Waals surface area contributed by atoms with Crippen molar-refractivity contribution in [3.63, 3.8) is 0 Å². The Morgan fingerprint density at radius 2 is 1.04 bits per heavy atom. The van der Waals surface area contributed by atoms with Crippen molar-refractivity contribution >= 4 is 6.16 Å². The van der Waals surface area contributed by atoms with E-state index in [9.17, 15) is 4.79 Å². The van der Waals surface area contributed by atoms with Crippen molar-refractivity contribution in [1.29, 1.82) is 0 Å². The van der Waals surface area contributed by atoms with E-state index in [1.54, 1.807) is 38.5 Å². The second-order valence-electron chi connectivity index (χ2n) is 8.68. The Morgan fingerprint density at radius 1 is 0.679 bits per heavy atom. The van der Waals surface area contributed by atoms with E-state index in [0.29, 0.717) is 23.0 Å². The van der Waals surface area contributed by atoms with Gasteiger partial charge in [0.05, 0.1) is 14.2 Å². The van der Waals surface area contributed by atoms with Crippen LogP contribution >= 0.6 is 0 Å². The maximum atomic E-state index is 12.5. The monoisotopic (exact) mass is 386 g/mol. The molecule has 2 aromatic rings. The van der Waals surface area contributed by atoms with Crippen LogP contribution in [0.2, 0.25) is 0 Å². The average molecular weight is 386 g/mol. The fraction of sp³-hybridized carbons (Fsp3) is 0.435. The molecule has 5 nitrogen and oxygen atoms in total. The van der Waals surface area contributed by atoms with Crippen molar-refractivity contribution in [2.45, 2.75) is 52.4 Å². The molecule has 0 N–H and O–H groups in total. The summed E-state index contributed by atoms with van der Waals surface area (Å²) in [5.41, 5.74) is 1.24. The third-order valence-electron chi connectivity index (χ3n) is 4.38. The Labute approximate surface area is 167 Å². The number of hydrogen-bond acceptors (Lipinski definition) is 5. The Morgan fingerprint density at radius 3 is 1.32 bits per heavy atom. The molecule has 0 fully saturated rings. The van der Waals surface area contributed by atoms with E-state index in [-0.39, 0.29) is 10.8 Å². The van der Waals surface area contributed by atoms with Crippen LogP contribution in [0.25, 0.3) is 0 Å². The minimum Gasteiger partial charge on any atom is -0.497 e. The van der Waals surface area contributed by atoms with Gasteiger partial charge in [0.25, 0.3) is 0 Å². The zero-order valence-electron chi connectivity index (χ0n) is 18.0. The molecule has 5 heteroatoms. The molecule has 0 saturated carbocycles. The number of carbonyl (C=O) groups excluding carboxylic acids is 1. The van der Waals surface area contributed by atoms with E-state index in [1.165, 1.54) is 0 Å². The van der Waals surface area contributed by atoms with Crippen LogP contribution in [-0.2, 0) is 10.8 Å². The van der Waals surface area contributed by atoms with Gasteiger partial charge in [-0.2, -0.15) is 0 Å². The molecule has 0 aromatic heterocycles. The summed E-state index contributed by atoms with van der Waals surface area (Å²) in [7, 11) is 3.21. The molecule has 0 amide bonds. The standard InChI is InChI=1S/C23H30O5/c1-22(2,3)17-13-15(25-7)9-11-19(17)27-21(24)28-20-12-10-16(26-8)14-18(20)23(4,5)6/h9-14H,1-8H3. The van der Waals surface area contributed by atoms with Crippen LogP contribution in [0, 0.1) is 0 Å². The fourth-order valence-electron chi connectivity index (χ4n) is 2.82. The fourth-order valence-corrected chi connectivity index (χ4v) is 2.82. The Bertz CT molecular complexity index is 772. The molecule has 0 aliphatic carbocycles. The minimum atomic E-state index is -0.786. The van der Waals surface area contributed by atoms with Gasteiger partial charge in [-0.1, -0.05) is 41.5 Å². The number of hydrogen-bond donors (Lipinski definition) is 0. The highest BCUT2D eigenvalue weighted by molar-refractivity contribution is 5.69. The predicted octanol–water partition coefficient (Wildman–Crippen LogP) is 5.88. The largest absolute Gasteiger partial charge is 0.519 e. The second kappa shape index (κ2) is 8.13. The molecule has 0 saturated heterocycles. The lowest BCUT2D eigenvalue weighted by atomic mass is 9.86. The molecule has 0 atom stereocenters. The summed E-state index contributed by atoms with van der Waals surface area (Å²) in [5.74, 6) is 2.31. The van der Waals surface area contributed by atoms with Crippen molar-refractivity contribution in [1.82, 2.24) is 0 Å². The van der Waals surface area contributed by atoms with E-state index in [2.05, 4.69) is 0 Å². The van der Waals surface area contributed by atoms with Gasteiger partial charge in [0.15, 0.2) is 0 Å². The molecular weight excluding hydrogens is 356 g/mol. The Kier molecular flexibility index (Phi) is 6.27. The number of methoxy groups -OCH3 is 2. The van der Waals surface area contributed by atoms with Gasteiger partial charge < -0.3 is 18.9 Å². The SMILES string of the molecule is COc1ccc(OC(=O)Oc2ccc(OC)cc2C(C)(C)C)c(C(C)(C)C)c1. The molecule has 0 unspecified atom stereocenters. The zero-order valence-corrected chi connectivity index (χ0v) is 18.0. The van der Waals surface area contributed by atoms with Crippen LogP contribution in [0.4, 0.5) is 4.79 Å². The van der Waals surface area contributed by atoms with E-state index in [0.717, 1.165) is 11.1 Å². The van der Waals surface area contributed by atoms with E-state index < -0.39 is 6.16 Å². The molecule has 0 aliphatic rings. The third kappa shape index (κ3) is 5.18. The first kappa shape index (κ1) is 21.6. The lowest BCUT2D eigenvalue weighted by Crippen LogP contribution is -2.21. The van der Waals surface area contributed by atoms with Crippen LogP contribution < -0.4 is 18.9 Å². The second-order valence-corrected chi connectivity index (χ2v) is 8.68. The molecule has 2 aromatic carbocycles. The first-order chi connectivity index (χ1) is 13.0. The lowest BCUT2D eigenvalue weighted by molar-refractivity contribution is 0.150. The smallest absolute Gasteiger partial charge is 0.497 e. The van der Waals surface area contributed by atoms with Crippen molar-refractivity contribution < 1.29 is 23.7 Å². The van der Waals surface area contributed by atoms with Gasteiger partial charge in [-0.3, -0.25) is 0 Å². The molecule has 28 heavy (non-hydrogen) atoms. The van der Waals surface area contributed by atoms with Gasteiger partial charge >= 0.3 is 6.16 Å². The van der Waals surface area contributed by atoms with Crippen LogP contribution in [-0.4, -0.2) is 20.4 Å². The predicted molar refractivity (Wildman–Crippen MR) is 110 cm³/mol. The van der Waals surface area contributed by atoms with Gasteiger partial charge in [0.1, 0.15) is 23.0 Å². The minimum absolute atomic E-state index is 0.235. The molecule has 0 heterocycles. The maximum absolute atomic E-state index is 12.5. The molecule has 0 spiro atoms. The molecule has 0 aliphatic heterocycles. The van der Waals surface area contributed by atoms with Gasteiger partial charge in [-0.05, 0) is 47.2 Å². The molecule has 2 rings (SSSR count). The van der Waals surface area contributed by atoms with Gasteiger partial charge in [-0.15, -0.1) is 0 Å². The summed E-state index contributed by atoms with van der Waals surface area (Å²) < 4.78 is 21.7. The molecular formula is C23H30O5. The molecule has 0 radical (unpaired) electrons. The van der Waals surface area contributed by atoms with Crippen LogP contribution in [0.3, 0.4) is 0 Å². The Balaban J connectivity index is 2.31. The number of carbonyl (C=O) groups is 1. The van der Waals surface area contributed by atoms with Crippen molar-refractivity contribution in [3.05, 3.63) is 47.5 Å². The summed E-state index contributed by atoms with van der Waals surface area (Å²) in [6, 6.07) is 10.7. The van der Waals surface area contributed by atoms with Gasteiger partial charge in [0.2, 0.25) is 0 Å². The highest BCUT2D eigenvalue weighted by atomic mass is 16.7. The van der Waals surface area contributed by atoms with Crippen molar-refractivity contribution in [2.75, 3.05) is 14.2 Å². The number of ether oxygens (including phenoxy) is 4. The normalized spacial score (nSPS) is 11.7. The molecule has 152 valence electrons. The molecule has 0 bridgehead atoms. The van der Waals surface area contributed by atoms with E-state index in [1.807, 2.05) is 53.7 Å². The quantitative estimate of drug-likeness (QED) is 0.485. The van der Waals surface area contributed by atoms with E-state index in [4.69, 9.17) is 18.9 Å². The summed E-state index contributed by atoms with van der Waals surface area (Å²) in [5, 5.41) is 0. The van der Waals surface area contributed by atoms with E-state index >= 15 is 0 Å². The lowest BCUT2D eigenvalue weighted by Gasteiger charge is -2.24.